The summed E-state index contributed by atoms with van der Waals surface area (Å²) < 4.78 is 5.10. The lowest BCUT2D eigenvalue weighted by Gasteiger charge is -2.13. The molecule has 19 heavy (non-hydrogen) atoms. The first kappa shape index (κ1) is 13.2. The van der Waals surface area contributed by atoms with Crippen LogP contribution in [0.2, 0.25) is 0 Å². The number of hydrogen-bond acceptors (Lipinski definition) is 5. The Morgan fingerprint density at radius 2 is 2.16 bits per heavy atom. The fourth-order valence-electron chi connectivity index (χ4n) is 1.47. The summed E-state index contributed by atoms with van der Waals surface area (Å²) in [5, 5.41) is 3.86. The molecule has 100 valence electrons. The third kappa shape index (κ3) is 2.78. The summed E-state index contributed by atoms with van der Waals surface area (Å²) in [6.07, 6.45) is 2.27. The van der Waals surface area contributed by atoms with Gasteiger partial charge in [0, 0.05) is 18.3 Å². The van der Waals surface area contributed by atoms with Crippen LogP contribution in [-0.2, 0) is 16.6 Å². The molecule has 0 saturated carbocycles. The van der Waals surface area contributed by atoms with Crippen molar-refractivity contribution in [3.63, 3.8) is 0 Å². The third-order valence-electron chi connectivity index (χ3n) is 2.95. The summed E-state index contributed by atoms with van der Waals surface area (Å²) in [7, 11) is 0. The number of amides is 1. The van der Waals surface area contributed by atoms with Crippen molar-refractivity contribution in [1.82, 2.24) is 15.1 Å². The van der Waals surface area contributed by atoms with Crippen LogP contribution in [-0.4, -0.2) is 21.0 Å². The SMILES string of the molecule is Cc1ccc(Cc2noc(C(C)(C)C(N)=O)n2)cn1. The van der Waals surface area contributed by atoms with Crippen LogP contribution in [0.5, 0.6) is 0 Å². The number of pyridine rings is 1. The van der Waals surface area contributed by atoms with Gasteiger partial charge in [-0.15, -0.1) is 0 Å². The Hall–Kier alpha value is -2.24. The number of nitrogens with two attached hydrogens (primary N) is 1. The molecule has 1 amide bonds. The first-order chi connectivity index (χ1) is 8.89. The summed E-state index contributed by atoms with van der Waals surface area (Å²) in [5.41, 5.74) is 6.28. The average molecular weight is 260 g/mol. The summed E-state index contributed by atoms with van der Waals surface area (Å²) in [6.45, 7) is 5.23. The van der Waals surface area contributed by atoms with E-state index < -0.39 is 11.3 Å². The van der Waals surface area contributed by atoms with Crippen molar-refractivity contribution in [3.05, 3.63) is 41.3 Å². The predicted octanol–water partition coefficient (Wildman–Crippen LogP) is 1.13. The molecule has 0 aliphatic rings. The highest BCUT2D eigenvalue weighted by molar-refractivity contribution is 5.84. The van der Waals surface area contributed by atoms with Crippen LogP contribution in [0.15, 0.2) is 22.9 Å². The Morgan fingerprint density at radius 1 is 1.42 bits per heavy atom. The van der Waals surface area contributed by atoms with Gasteiger partial charge < -0.3 is 10.3 Å². The van der Waals surface area contributed by atoms with Gasteiger partial charge in [0.1, 0.15) is 5.41 Å². The second-order valence-electron chi connectivity index (χ2n) is 4.99. The zero-order valence-corrected chi connectivity index (χ0v) is 11.2. The van der Waals surface area contributed by atoms with Gasteiger partial charge in [-0.05, 0) is 32.4 Å². The van der Waals surface area contributed by atoms with E-state index in [0.717, 1.165) is 11.3 Å². The van der Waals surface area contributed by atoms with Gasteiger partial charge in [-0.2, -0.15) is 4.98 Å². The molecule has 2 rings (SSSR count). The van der Waals surface area contributed by atoms with Crippen LogP contribution in [0.25, 0.3) is 0 Å². The van der Waals surface area contributed by atoms with E-state index >= 15 is 0 Å². The minimum atomic E-state index is -0.962. The number of carbonyl (C=O) groups excluding carboxylic acids is 1. The fraction of sp³-hybridized carbons (Fsp3) is 0.385. The van der Waals surface area contributed by atoms with Gasteiger partial charge in [0.25, 0.3) is 0 Å². The Morgan fingerprint density at radius 3 is 2.74 bits per heavy atom. The summed E-state index contributed by atoms with van der Waals surface area (Å²) in [6, 6.07) is 3.88. The maximum absolute atomic E-state index is 11.3. The molecule has 0 aliphatic heterocycles. The molecular weight excluding hydrogens is 244 g/mol. The van der Waals surface area contributed by atoms with Gasteiger partial charge >= 0.3 is 0 Å². The van der Waals surface area contributed by atoms with Crippen molar-refractivity contribution in [1.29, 1.82) is 0 Å². The summed E-state index contributed by atoms with van der Waals surface area (Å²) in [4.78, 5) is 19.7. The Bertz CT molecular complexity index is 587. The number of rotatable bonds is 4. The number of aryl methyl sites for hydroxylation is 1. The minimum Gasteiger partial charge on any atom is -0.369 e. The van der Waals surface area contributed by atoms with Crippen molar-refractivity contribution in [2.45, 2.75) is 32.6 Å². The van der Waals surface area contributed by atoms with Crippen molar-refractivity contribution in [2.75, 3.05) is 0 Å². The molecule has 2 aromatic rings. The smallest absolute Gasteiger partial charge is 0.241 e. The molecule has 2 heterocycles. The summed E-state index contributed by atoms with van der Waals surface area (Å²) in [5.74, 6) is 0.241. The largest absolute Gasteiger partial charge is 0.369 e. The van der Waals surface area contributed by atoms with Gasteiger partial charge in [0.15, 0.2) is 5.82 Å². The van der Waals surface area contributed by atoms with Gasteiger partial charge in [0.05, 0.1) is 0 Å². The monoisotopic (exact) mass is 260 g/mol. The van der Waals surface area contributed by atoms with E-state index in [1.165, 1.54) is 0 Å². The maximum atomic E-state index is 11.3. The Kier molecular flexibility index (Phi) is 3.33. The van der Waals surface area contributed by atoms with Crippen molar-refractivity contribution in [3.8, 4) is 0 Å². The van der Waals surface area contributed by atoms with Gasteiger partial charge in [-0.1, -0.05) is 11.2 Å². The highest BCUT2D eigenvalue weighted by atomic mass is 16.5. The lowest BCUT2D eigenvalue weighted by Crippen LogP contribution is -2.35. The second-order valence-corrected chi connectivity index (χ2v) is 4.99. The highest BCUT2D eigenvalue weighted by Crippen LogP contribution is 2.21. The molecule has 0 spiro atoms. The summed E-state index contributed by atoms with van der Waals surface area (Å²) >= 11 is 0. The van der Waals surface area contributed by atoms with E-state index in [1.807, 2.05) is 19.1 Å². The minimum absolute atomic E-state index is 0.232. The molecule has 0 aliphatic carbocycles. The quantitative estimate of drug-likeness (QED) is 0.889. The van der Waals surface area contributed by atoms with E-state index in [-0.39, 0.29) is 5.89 Å². The normalized spacial score (nSPS) is 11.5. The lowest BCUT2D eigenvalue weighted by molar-refractivity contribution is -0.123. The number of aromatic nitrogens is 3. The molecule has 6 nitrogen and oxygen atoms in total. The molecule has 0 bridgehead atoms. The molecule has 2 aromatic heterocycles. The molecule has 0 saturated heterocycles. The van der Waals surface area contributed by atoms with E-state index in [2.05, 4.69) is 15.1 Å². The lowest BCUT2D eigenvalue weighted by atomic mass is 9.93. The van der Waals surface area contributed by atoms with E-state index in [4.69, 9.17) is 10.3 Å². The van der Waals surface area contributed by atoms with Crippen LogP contribution in [0.4, 0.5) is 0 Å². The van der Waals surface area contributed by atoms with E-state index in [1.54, 1.807) is 20.0 Å². The zero-order chi connectivity index (χ0) is 14.0. The zero-order valence-electron chi connectivity index (χ0n) is 11.2. The molecule has 0 radical (unpaired) electrons. The van der Waals surface area contributed by atoms with Gasteiger partial charge in [0.2, 0.25) is 11.8 Å². The molecule has 0 atom stereocenters. The maximum Gasteiger partial charge on any atom is 0.241 e. The Balaban J connectivity index is 2.18. The first-order valence-electron chi connectivity index (χ1n) is 5.94. The van der Waals surface area contributed by atoms with Crippen LogP contribution in [0.3, 0.4) is 0 Å². The molecule has 0 unspecified atom stereocenters. The number of hydrogen-bond donors (Lipinski definition) is 1. The average Bonchev–Trinajstić information content (AvgIpc) is 2.81. The van der Waals surface area contributed by atoms with Crippen LogP contribution in [0, 0.1) is 6.92 Å². The molecule has 2 N–H and O–H groups in total. The molecule has 0 fully saturated rings. The van der Waals surface area contributed by atoms with Crippen LogP contribution in [0.1, 0.15) is 36.8 Å². The van der Waals surface area contributed by atoms with Gasteiger partial charge in [-0.3, -0.25) is 9.78 Å². The molecule has 6 heteroatoms. The predicted molar refractivity (Wildman–Crippen MR) is 68.3 cm³/mol. The molecule has 0 aromatic carbocycles. The highest BCUT2D eigenvalue weighted by Gasteiger charge is 2.33. The third-order valence-corrected chi connectivity index (χ3v) is 2.95. The van der Waals surface area contributed by atoms with Crippen LogP contribution < -0.4 is 5.73 Å². The first-order valence-corrected chi connectivity index (χ1v) is 5.94. The van der Waals surface area contributed by atoms with Crippen molar-refractivity contribution < 1.29 is 9.32 Å². The molecular formula is C13H16N4O2. The van der Waals surface area contributed by atoms with E-state index in [9.17, 15) is 4.79 Å². The van der Waals surface area contributed by atoms with Crippen LogP contribution >= 0.6 is 0 Å². The number of carbonyl (C=O) groups is 1. The number of nitrogens with zero attached hydrogens (tertiary/aromatic N) is 3. The van der Waals surface area contributed by atoms with Gasteiger partial charge in [-0.25, -0.2) is 0 Å². The standard InChI is InChI=1S/C13H16N4O2/c1-8-4-5-9(7-15-8)6-10-16-12(19-17-10)13(2,3)11(14)18/h4-5,7H,6H2,1-3H3,(H2,14,18). The fourth-order valence-corrected chi connectivity index (χ4v) is 1.47. The Labute approximate surface area is 111 Å². The van der Waals surface area contributed by atoms with Crippen molar-refractivity contribution >= 4 is 5.91 Å². The number of primary amides is 1. The van der Waals surface area contributed by atoms with E-state index in [0.29, 0.717) is 12.2 Å². The topological polar surface area (TPSA) is 94.9 Å². The second kappa shape index (κ2) is 4.79. The van der Waals surface area contributed by atoms with Crippen molar-refractivity contribution in [2.24, 2.45) is 5.73 Å².